The van der Waals surface area contributed by atoms with Crippen molar-refractivity contribution in [3.05, 3.63) is 174 Å². The Kier molecular flexibility index (Phi) is 15.2. The fourth-order valence-electron chi connectivity index (χ4n) is 10.3. The summed E-state index contributed by atoms with van der Waals surface area (Å²) in [4.78, 5) is 14.0. The van der Waals surface area contributed by atoms with Crippen LogP contribution in [0.1, 0.15) is 93.9 Å². The van der Waals surface area contributed by atoms with Crippen LogP contribution in [0.4, 0.5) is 0 Å². The molecule has 4 N–H and O–H groups in total. The number of benzene rings is 3. The van der Waals surface area contributed by atoms with E-state index in [1.165, 1.54) is 44.9 Å². The molecule has 0 spiro atoms. The second-order valence-corrected chi connectivity index (χ2v) is 19.1. The molecule has 13 rings (SSSR count). The predicted octanol–water partition coefficient (Wildman–Crippen LogP) is 6.04. The van der Waals surface area contributed by atoms with Crippen LogP contribution in [0.2, 0.25) is 0 Å². The van der Waals surface area contributed by atoms with E-state index in [2.05, 4.69) is 136 Å². The van der Waals surface area contributed by atoms with Gasteiger partial charge in [-0.2, -0.15) is 41.3 Å². The van der Waals surface area contributed by atoms with Crippen LogP contribution in [0.25, 0.3) is 23.0 Å². The van der Waals surface area contributed by atoms with Crippen molar-refractivity contribution in [2.75, 3.05) is 0 Å². The Bertz CT molecular complexity index is 3200. The molecule has 4 atom stereocenters. The van der Waals surface area contributed by atoms with E-state index in [0.29, 0.717) is 60.2 Å². The van der Waals surface area contributed by atoms with Gasteiger partial charge in [-0.25, -0.2) is 0 Å². The molecule has 21 heteroatoms. The van der Waals surface area contributed by atoms with Crippen molar-refractivity contribution in [3.63, 3.8) is 0 Å². The van der Waals surface area contributed by atoms with Crippen molar-refractivity contribution >= 4 is 0 Å². The van der Waals surface area contributed by atoms with Crippen molar-refractivity contribution in [1.29, 1.82) is 10.5 Å². The molecule has 4 aliphatic rings. The van der Waals surface area contributed by atoms with Crippen LogP contribution in [0.5, 0.6) is 0 Å². The SMILES string of the molecule is CC1Cc2[nH]nc(-c3nn[nH]n3)c2C1.CC1Cc2c(-c3nn[nH]n3)nn(Cc3ccccc3)c2C1.CC1Cc2c(C#N)nn(Cc3ccccc3)c2C1.N#Cc1nn(Cc2ccccc2)c2c1CC(O)C2.O=O. The van der Waals surface area contributed by atoms with Crippen molar-refractivity contribution in [3.8, 4) is 35.2 Å². The summed E-state index contributed by atoms with van der Waals surface area (Å²) in [5.41, 5.74) is 15.8. The number of H-pyrrole nitrogens is 3. The minimum absolute atomic E-state index is 0.368. The average Bonchev–Trinajstić information content (AvgIpc) is 4.26. The standard InChI is InChI=1S/C15H16N6.C15H15N3.C14H13N3O.C8H10N6.O2/c1-10-7-12-13(8-10)21(9-11-5-3-2-4-6-11)18-14(12)15-16-19-20-17-15;1-11-7-13-14(9-16)17-18(15(13)8-11)10-12-5-3-2-4-6-12;15-8-13-12-6-11(18)7-14(12)17(16-13)9-10-4-2-1-3-5-10;1-4-2-5-6(3-4)9-10-7(5)8-11-13-14-12-8;1-2/h2-6,10H,7-9H2,1H3,(H,16,17,19,20);2-6,11H,7-8,10H2,1H3;1-5,11,18H,6-7,9H2;4H,2-3H2,1H3,(H,9,10)(H,11,12,13,14);. The van der Waals surface area contributed by atoms with Gasteiger partial charge in [0.15, 0.2) is 11.4 Å². The minimum Gasteiger partial charge on any atom is -0.392 e. The molecule has 0 radical (unpaired) electrons. The molecule has 6 aromatic heterocycles. The van der Waals surface area contributed by atoms with Gasteiger partial charge < -0.3 is 5.11 Å². The molecule has 0 aliphatic heterocycles. The molecule has 0 bridgehead atoms. The zero-order valence-corrected chi connectivity index (χ0v) is 40.7. The van der Waals surface area contributed by atoms with E-state index in [1.807, 2.05) is 64.0 Å². The van der Waals surface area contributed by atoms with Gasteiger partial charge in [-0.1, -0.05) is 112 Å². The highest BCUT2D eigenvalue weighted by Gasteiger charge is 2.31. The Hall–Kier alpha value is -8.82. The lowest BCUT2D eigenvalue weighted by atomic mass is 10.1. The number of hydrogen-bond donors (Lipinski definition) is 4. The molecular formula is C52H54N18O3. The summed E-state index contributed by atoms with van der Waals surface area (Å²) in [5, 5.41) is 76.8. The monoisotopic (exact) mass is 978 g/mol. The van der Waals surface area contributed by atoms with Gasteiger partial charge in [0.05, 0.1) is 25.7 Å². The van der Waals surface area contributed by atoms with Gasteiger partial charge >= 0.3 is 0 Å². The summed E-state index contributed by atoms with van der Waals surface area (Å²) in [5.74, 6) is 3.13. The number of nitriles is 2. The third kappa shape index (κ3) is 11.1. The molecule has 0 fully saturated rings. The Balaban J connectivity index is 0.000000119. The maximum absolute atomic E-state index is 9.70. The van der Waals surface area contributed by atoms with Gasteiger partial charge in [0.1, 0.15) is 23.5 Å². The third-order valence-corrected chi connectivity index (χ3v) is 13.5. The maximum atomic E-state index is 9.70. The highest BCUT2D eigenvalue weighted by molar-refractivity contribution is 5.58. The number of fused-ring (bicyclic) bond motifs is 4. The molecule has 4 aliphatic carbocycles. The van der Waals surface area contributed by atoms with Gasteiger partial charge in [0.25, 0.3) is 0 Å². The van der Waals surface area contributed by atoms with E-state index in [4.69, 9.17) is 25.6 Å². The zero-order chi connectivity index (χ0) is 50.8. The van der Waals surface area contributed by atoms with Crippen molar-refractivity contribution in [2.45, 2.75) is 97.9 Å². The second-order valence-electron chi connectivity index (χ2n) is 19.1. The van der Waals surface area contributed by atoms with Crippen LogP contribution in [0, 0.1) is 50.3 Å². The molecule has 370 valence electrons. The quantitative estimate of drug-likeness (QED) is 0.135. The summed E-state index contributed by atoms with van der Waals surface area (Å²) in [6, 6.07) is 35.0. The number of nitrogens with zero attached hydrogens (tertiary/aromatic N) is 15. The first-order valence-corrected chi connectivity index (χ1v) is 24.3. The van der Waals surface area contributed by atoms with E-state index >= 15 is 0 Å². The van der Waals surface area contributed by atoms with Crippen LogP contribution in [-0.2, 0) is 71.0 Å². The molecule has 3 aromatic carbocycles. The van der Waals surface area contributed by atoms with Gasteiger partial charge in [0.2, 0.25) is 11.6 Å². The van der Waals surface area contributed by atoms with Crippen LogP contribution < -0.4 is 0 Å². The first-order chi connectivity index (χ1) is 35.7. The van der Waals surface area contributed by atoms with Crippen molar-refractivity contribution < 1.29 is 5.11 Å². The Morgan fingerprint density at radius 2 is 0.945 bits per heavy atom. The molecule has 0 amide bonds. The van der Waals surface area contributed by atoms with Crippen molar-refractivity contribution in [1.82, 2.24) is 80.8 Å². The Labute approximate surface area is 419 Å². The summed E-state index contributed by atoms with van der Waals surface area (Å²) >= 11 is 0. The molecule has 4 unspecified atom stereocenters. The molecular weight excluding hydrogens is 925 g/mol. The fourth-order valence-corrected chi connectivity index (χ4v) is 10.3. The lowest BCUT2D eigenvalue weighted by Gasteiger charge is -2.06. The third-order valence-electron chi connectivity index (χ3n) is 13.5. The molecule has 9 aromatic rings. The van der Waals surface area contributed by atoms with Gasteiger partial charge in [-0.05, 0) is 83.4 Å². The van der Waals surface area contributed by atoms with E-state index in [9.17, 15) is 5.11 Å². The zero-order valence-electron chi connectivity index (χ0n) is 40.7. The Morgan fingerprint density at radius 3 is 1.44 bits per heavy atom. The number of aliphatic hydroxyl groups excluding tert-OH is 1. The first-order valence-electron chi connectivity index (χ1n) is 24.3. The van der Waals surface area contributed by atoms with E-state index in [-0.39, 0.29) is 6.10 Å². The number of hydrogen-bond acceptors (Lipinski definition) is 15. The summed E-state index contributed by atoms with van der Waals surface area (Å²) < 4.78 is 5.95. The lowest BCUT2D eigenvalue weighted by molar-refractivity contribution is 0.184. The summed E-state index contributed by atoms with van der Waals surface area (Å²) in [7, 11) is 0. The first kappa shape index (κ1) is 49.2. The number of rotatable bonds is 8. The lowest BCUT2D eigenvalue weighted by Crippen LogP contribution is -2.11. The molecule has 0 saturated carbocycles. The van der Waals surface area contributed by atoms with Crippen LogP contribution in [0.3, 0.4) is 0 Å². The normalized spacial score (nSPS) is 17.4. The van der Waals surface area contributed by atoms with E-state index in [0.717, 1.165) is 79.8 Å². The second kappa shape index (κ2) is 22.5. The molecule has 0 saturated heterocycles. The van der Waals surface area contributed by atoms with Crippen molar-refractivity contribution in [2.24, 2.45) is 17.8 Å². The maximum Gasteiger partial charge on any atom is 0.225 e. The number of aromatic nitrogens is 16. The molecule has 6 heterocycles. The highest BCUT2D eigenvalue weighted by Crippen LogP contribution is 2.34. The summed E-state index contributed by atoms with van der Waals surface area (Å²) in [6.45, 7) is 8.93. The van der Waals surface area contributed by atoms with Crippen LogP contribution in [-0.4, -0.2) is 92.0 Å². The number of aromatic amines is 3. The number of nitrogens with one attached hydrogen (secondary N) is 3. The fraction of sp³-hybridized carbons (Fsp3) is 0.346. The topological polar surface area (TPSA) is 293 Å². The van der Waals surface area contributed by atoms with E-state index in [1.54, 1.807) is 0 Å². The van der Waals surface area contributed by atoms with Gasteiger partial charge in [0, 0.05) is 67.8 Å². The number of aliphatic hydroxyl groups is 1. The number of tetrazole rings is 2. The molecule has 73 heavy (non-hydrogen) atoms. The average molecular weight is 979 g/mol. The van der Waals surface area contributed by atoms with E-state index < -0.39 is 0 Å². The van der Waals surface area contributed by atoms with Gasteiger partial charge in [-0.15, -0.1) is 20.4 Å². The highest BCUT2D eigenvalue weighted by atomic mass is 16.7. The van der Waals surface area contributed by atoms with Gasteiger partial charge in [-0.3, -0.25) is 19.1 Å². The molecule has 21 nitrogen and oxygen atoms in total. The summed E-state index contributed by atoms with van der Waals surface area (Å²) in [6.07, 6.45) is 7.03. The van der Waals surface area contributed by atoms with Crippen LogP contribution in [0.15, 0.2) is 91.0 Å². The largest absolute Gasteiger partial charge is 0.392 e. The Morgan fingerprint density at radius 1 is 0.521 bits per heavy atom. The predicted molar refractivity (Wildman–Crippen MR) is 268 cm³/mol. The minimum atomic E-state index is -0.368. The van der Waals surface area contributed by atoms with Crippen LogP contribution >= 0.6 is 0 Å². The smallest absolute Gasteiger partial charge is 0.225 e.